The van der Waals surface area contributed by atoms with E-state index >= 15 is 0 Å². The molecule has 0 bridgehead atoms. The second-order valence-electron chi connectivity index (χ2n) is 9.07. The summed E-state index contributed by atoms with van der Waals surface area (Å²) in [6.07, 6.45) is 0.438. The van der Waals surface area contributed by atoms with Crippen LogP contribution in [-0.2, 0) is 11.3 Å². The first-order valence-electron chi connectivity index (χ1n) is 12.4. The maximum absolute atomic E-state index is 12.6. The van der Waals surface area contributed by atoms with Gasteiger partial charge in [-0.1, -0.05) is 36.4 Å². The van der Waals surface area contributed by atoms with Crippen molar-refractivity contribution in [1.29, 1.82) is 0 Å². The highest BCUT2D eigenvalue weighted by atomic mass is 16.5. The molecule has 1 aliphatic heterocycles. The van der Waals surface area contributed by atoms with Crippen LogP contribution in [0.25, 0.3) is 0 Å². The van der Waals surface area contributed by atoms with Gasteiger partial charge in [-0.15, -0.1) is 0 Å². The molecule has 1 saturated heterocycles. The van der Waals surface area contributed by atoms with Crippen molar-refractivity contribution in [2.75, 3.05) is 50.5 Å². The van der Waals surface area contributed by atoms with Gasteiger partial charge < -0.3 is 20.3 Å². The van der Waals surface area contributed by atoms with Gasteiger partial charge in [-0.3, -0.25) is 14.5 Å². The summed E-state index contributed by atoms with van der Waals surface area (Å²) in [6.45, 7) is 7.83. The minimum atomic E-state index is -0.237. The van der Waals surface area contributed by atoms with E-state index in [2.05, 4.69) is 51.6 Å². The fourth-order valence-electron chi connectivity index (χ4n) is 4.33. The molecule has 3 aromatic carbocycles. The predicted molar refractivity (Wildman–Crippen MR) is 144 cm³/mol. The Balaban J connectivity index is 1.19. The summed E-state index contributed by atoms with van der Waals surface area (Å²) in [6, 6.07) is 22.7. The molecule has 7 heteroatoms. The molecule has 1 aliphatic rings. The van der Waals surface area contributed by atoms with Gasteiger partial charge in [0, 0.05) is 56.9 Å². The predicted octanol–water partition coefficient (Wildman–Crippen LogP) is 4.40. The van der Waals surface area contributed by atoms with E-state index in [-0.39, 0.29) is 11.8 Å². The van der Waals surface area contributed by atoms with Crippen LogP contribution in [0.2, 0.25) is 0 Å². The molecular weight excluding hydrogens is 452 g/mol. The highest BCUT2D eigenvalue weighted by Crippen LogP contribution is 2.24. The highest BCUT2D eigenvalue weighted by Gasteiger charge is 2.18. The van der Waals surface area contributed by atoms with Crippen molar-refractivity contribution in [3.8, 4) is 5.75 Å². The number of amides is 2. The second-order valence-corrected chi connectivity index (χ2v) is 9.07. The number of carbonyl (C=O) groups excluding carboxylic acids is 2. The number of anilines is 2. The molecule has 1 fully saturated rings. The number of hydrogen-bond donors (Lipinski definition) is 2. The van der Waals surface area contributed by atoms with Crippen molar-refractivity contribution >= 4 is 23.2 Å². The molecule has 1 heterocycles. The van der Waals surface area contributed by atoms with Crippen LogP contribution in [-0.4, -0.2) is 61.4 Å². The van der Waals surface area contributed by atoms with Crippen molar-refractivity contribution < 1.29 is 14.3 Å². The second kappa shape index (κ2) is 12.3. The number of rotatable bonds is 9. The molecule has 0 saturated carbocycles. The third-order valence-electron chi connectivity index (χ3n) is 6.56. The van der Waals surface area contributed by atoms with E-state index < -0.39 is 0 Å². The van der Waals surface area contributed by atoms with E-state index in [1.807, 2.05) is 12.1 Å². The lowest BCUT2D eigenvalue weighted by Crippen LogP contribution is -2.46. The molecule has 36 heavy (non-hydrogen) atoms. The monoisotopic (exact) mass is 486 g/mol. The van der Waals surface area contributed by atoms with Gasteiger partial charge in [0.2, 0.25) is 5.91 Å². The average molecular weight is 487 g/mol. The Morgan fingerprint density at radius 3 is 2.22 bits per heavy atom. The lowest BCUT2D eigenvalue weighted by atomic mass is 10.1. The number of ether oxygens (including phenoxy) is 1. The summed E-state index contributed by atoms with van der Waals surface area (Å²) < 4.78 is 5.28. The fourth-order valence-corrected chi connectivity index (χ4v) is 4.33. The molecule has 188 valence electrons. The van der Waals surface area contributed by atoms with E-state index in [1.165, 1.54) is 11.1 Å². The van der Waals surface area contributed by atoms with Gasteiger partial charge in [0.25, 0.3) is 5.91 Å². The van der Waals surface area contributed by atoms with Crippen LogP contribution in [0.3, 0.4) is 0 Å². The van der Waals surface area contributed by atoms with Gasteiger partial charge in [-0.05, 0) is 54.4 Å². The molecule has 4 rings (SSSR count). The van der Waals surface area contributed by atoms with E-state index in [0.717, 1.165) is 39.3 Å². The van der Waals surface area contributed by atoms with Gasteiger partial charge in [0.05, 0.1) is 12.8 Å². The normalized spacial score (nSPS) is 14.3. The number of para-hydroxylation sites is 2. The van der Waals surface area contributed by atoms with Crippen molar-refractivity contribution in [2.24, 2.45) is 0 Å². The van der Waals surface area contributed by atoms with E-state index in [4.69, 9.17) is 4.74 Å². The van der Waals surface area contributed by atoms with Crippen molar-refractivity contribution in [1.82, 2.24) is 9.80 Å². The van der Waals surface area contributed by atoms with Gasteiger partial charge in [0.15, 0.2) is 0 Å². The van der Waals surface area contributed by atoms with Crippen molar-refractivity contribution in [3.05, 3.63) is 89.5 Å². The Morgan fingerprint density at radius 2 is 1.50 bits per heavy atom. The number of methoxy groups -OCH3 is 1. The molecule has 0 atom stereocenters. The maximum atomic E-state index is 12.6. The fraction of sp³-hybridized carbons (Fsp3) is 0.310. The lowest BCUT2D eigenvalue weighted by molar-refractivity contribution is -0.116. The van der Waals surface area contributed by atoms with Crippen LogP contribution in [0.5, 0.6) is 5.75 Å². The van der Waals surface area contributed by atoms with Crippen LogP contribution < -0.4 is 15.4 Å². The maximum Gasteiger partial charge on any atom is 0.255 e. The zero-order chi connectivity index (χ0) is 25.3. The Kier molecular flexibility index (Phi) is 8.71. The molecule has 0 aromatic heterocycles. The smallest absolute Gasteiger partial charge is 0.255 e. The number of piperazine rings is 1. The average Bonchev–Trinajstić information content (AvgIpc) is 2.90. The molecule has 7 nitrogen and oxygen atoms in total. The molecule has 0 spiro atoms. The number of aryl methyl sites for hydroxylation is 1. The van der Waals surface area contributed by atoms with Gasteiger partial charge in [-0.25, -0.2) is 0 Å². The summed E-state index contributed by atoms with van der Waals surface area (Å²) in [5.41, 5.74) is 4.51. The summed E-state index contributed by atoms with van der Waals surface area (Å²) >= 11 is 0. The van der Waals surface area contributed by atoms with Crippen LogP contribution in [0.4, 0.5) is 11.4 Å². The number of nitrogens with one attached hydrogen (secondary N) is 2. The van der Waals surface area contributed by atoms with Crippen LogP contribution in [0.15, 0.2) is 72.8 Å². The number of carbonyl (C=O) groups is 2. The van der Waals surface area contributed by atoms with E-state index in [0.29, 0.717) is 29.1 Å². The van der Waals surface area contributed by atoms with Crippen molar-refractivity contribution in [2.45, 2.75) is 19.9 Å². The number of hydrogen-bond acceptors (Lipinski definition) is 5. The van der Waals surface area contributed by atoms with E-state index in [1.54, 1.807) is 43.5 Å². The Hall–Kier alpha value is -3.68. The summed E-state index contributed by atoms with van der Waals surface area (Å²) in [7, 11) is 1.56. The molecule has 3 aromatic rings. The van der Waals surface area contributed by atoms with Crippen LogP contribution >= 0.6 is 0 Å². The number of benzene rings is 3. The molecule has 0 aliphatic carbocycles. The highest BCUT2D eigenvalue weighted by molar-refractivity contribution is 6.05. The molecule has 0 radical (unpaired) electrons. The van der Waals surface area contributed by atoms with Crippen LogP contribution in [0.1, 0.15) is 27.9 Å². The van der Waals surface area contributed by atoms with E-state index in [9.17, 15) is 9.59 Å². The quantitative estimate of drug-likeness (QED) is 0.469. The topological polar surface area (TPSA) is 73.9 Å². The van der Waals surface area contributed by atoms with Gasteiger partial charge in [-0.2, -0.15) is 0 Å². The van der Waals surface area contributed by atoms with Crippen molar-refractivity contribution in [3.63, 3.8) is 0 Å². The third-order valence-corrected chi connectivity index (χ3v) is 6.56. The summed E-state index contributed by atoms with van der Waals surface area (Å²) in [5, 5.41) is 5.79. The Labute approximate surface area is 213 Å². The summed E-state index contributed by atoms with van der Waals surface area (Å²) in [5.74, 6) is 0.338. The minimum absolute atomic E-state index is 0.0245. The third kappa shape index (κ3) is 6.93. The van der Waals surface area contributed by atoms with Crippen LogP contribution in [0, 0.1) is 6.92 Å². The first-order valence-corrected chi connectivity index (χ1v) is 12.4. The summed E-state index contributed by atoms with van der Waals surface area (Å²) in [4.78, 5) is 29.9. The number of nitrogens with zero attached hydrogens (tertiary/aromatic N) is 2. The molecule has 0 unspecified atom stereocenters. The Morgan fingerprint density at radius 1 is 0.833 bits per heavy atom. The zero-order valence-corrected chi connectivity index (χ0v) is 21.0. The Bertz CT molecular complexity index is 1170. The standard InChI is InChI=1S/C29H34N4O3/c1-22-7-3-4-8-24(22)21-33-19-17-32(18-20-33)16-15-28(34)30-25-13-11-23(12-14-25)29(35)31-26-9-5-6-10-27(26)36-2/h3-14H,15-21H2,1-2H3,(H,30,34)(H,31,35). The lowest BCUT2D eigenvalue weighted by Gasteiger charge is -2.34. The zero-order valence-electron chi connectivity index (χ0n) is 21.0. The SMILES string of the molecule is COc1ccccc1NC(=O)c1ccc(NC(=O)CCN2CCN(Cc3ccccc3C)CC2)cc1. The molecule has 2 amide bonds. The molecular formula is C29H34N4O3. The first-order chi connectivity index (χ1) is 17.5. The largest absolute Gasteiger partial charge is 0.495 e. The minimum Gasteiger partial charge on any atom is -0.495 e. The first kappa shape index (κ1) is 25.4. The molecule has 2 N–H and O–H groups in total. The van der Waals surface area contributed by atoms with Gasteiger partial charge in [0.1, 0.15) is 5.75 Å². The van der Waals surface area contributed by atoms with Gasteiger partial charge >= 0.3 is 0 Å².